The molecular weight excluding hydrogens is 178 g/mol. The maximum Gasteiger partial charge on any atom is 0.131 e. The fourth-order valence-electron chi connectivity index (χ4n) is 0.914. The Morgan fingerprint density at radius 2 is 2.50 bits per heavy atom. The molecule has 0 aliphatic heterocycles. The van der Waals surface area contributed by atoms with Crippen LogP contribution in [0.2, 0.25) is 5.15 Å². The molecule has 1 heterocycles. The average Bonchev–Trinajstić information content (AvgIpc) is 2.36. The second-order valence-corrected chi connectivity index (χ2v) is 3.10. The largest absolute Gasteiger partial charge is 0.395 e. The first kappa shape index (κ1) is 9.51. The number of rotatable bonds is 3. The second kappa shape index (κ2) is 3.89. The van der Waals surface area contributed by atoms with Gasteiger partial charge in [-0.15, -0.1) is 0 Å². The molecule has 0 saturated heterocycles. The predicted molar refractivity (Wildman–Crippen MR) is 47.0 cm³/mol. The summed E-state index contributed by atoms with van der Waals surface area (Å²) >= 11 is 5.87. The first-order chi connectivity index (χ1) is 5.65. The van der Waals surface area contributed by atoms with E-state index < -0.39 is 0 Å². The minimum atomic E-state index is -0.280. The molecule has 3 N–H and O–H groups in total. The third-order valence-corrected chi connectivity index (χ3v) is 2.11. The second-order valence-electron chi connectivity index (χ2n) is 2.74. The molecule has 1 aromatic rings. The van der Waals surface area contributed by atoms with E-state index in [1.807, 2.05) is 7.05 Å². The van der Waals surface area contributed by atoms with Gasteiger partial charge in [-0.25, -0.2) is 4.98 Å². The van der Waals surface area contributed by atoms with Crippen LogP contribution in [0.3, 0.4) is 0 Å². The molecule has 0 fully saturated rings. The lowest BCUT2D eigenvalue weighted by atomic mass is 10.2. The van der Waals surface area contributed by atoms with Crippen LogP contribution in [-0.2, 0) is 13.5 Å². The van der Waals surface area contributed by atoms with Gasteiger partial charge >= 0.3 is 0 Å². The Kier molecular flexibility index (Phi) is 3.08. The summed E-state index contributed by atoms with van der Waals surface area (Å²) in [7, 11) is 1.81. The number of nitrogens with zero attached hydrogens (tertiary/aromatic N) is 2. The highest BCUT2D eigenvalue weighted by Gasteiger charge is 2.09. The summed E-state index contributed by atoms with van der Waals surface area (Å²) in [6.45, 7) is -0.0487. The van der Waals surface area contributed by atoms with E-state index in [0.717, 1.165) is 5.69 Å². The lowest BCUT2D eigenvalue weighted by molar-refractivity contribution is 0.264. The van der Waals surface area contributed by atoms with Crippen LogP contribution in [0.4, 0.5) is 0 Å². The van der Waals surface area contributed by atoms with Crippen LogP contribution in [0.1, 0.15) is 5.69 Å². The molecule has 1 unspecified atom stereocenters. The molecule has 0 amide bonds. The molecule has 1 rings (SSSR count). The molecule has 0 aliphatic carbocycles. The topological polar surface area (TPSA) is 64.1 Å². The van der Waals surface area contributed by atoms with Crippen molar-refractivity contribution in [3.63, 3.8) is 0 Å². The maximum absolute atomic E-state index is 8.69. The Hall–Kier alpha value is -0.580. The van der Waals surface area contributed by atoms with Crippen LogP contribution in [0, 0.1) is 0 Å². The summed E-state index contributed by atoms with van der Waals surface area (Å²) in [5.41, 5.74) is 6.26. The van der Waals surface area contributed by atoms with Crippen molar-refractivity contribution in [3.8, 4) is 0 Å². The SMILES string of the molecule is Cn1cnc(CC(N)CO)c1Cl. The highest BCUT2D eigenvalue weighted by Crippen LogP contribution is 2.13. The van der Waals surface area contributed by atoms with E-state index >= 15 is 0 Å². The summed E-state index contributed by atoms with van der Waals surface area (Å²) in [5.74, 6) is 0. The molecule has 0 bridgehead atoms. The van der Waals surface area contributed by atoms with Crippen LogP contribution < -0.4 is 5.73 Å². The van der Waals surface area contributed by atoms with E-state index in [4.69, 9.17) is 22.4 Å². The van der Waals surface area contributed by atoms with Crippen molar-refractivity contribution in [2.75, 3.05) is 6.61 Å². The monoisotopic (exact) mass is 189 g/mol. The third-order valence-electron chi connectivity index (χ3n) is 1.62. The van der Waals surface area contributed by atoms with Crippen molar-refractivity contribution in [1.29, 1.82) is 0 Å². The van der Waals surface area contributed by atoms with Crippen LogP contribution in [0.25, 0.3) is 0 Å². The zero-order valence-corrected chi connectivity index (χ0v) is 7.62. The van der Waals surface area contributed by atoms with Gasteiger partial charge in [-0.3, -0.25) is 0 Å². The summed E-state index contributed by atoms with van der Waals surface area (Å²) in [6, 6.07) is -0.280. The van der Waals surface area contributed by atoms with Crippen molar-refractivity contribution in [2.45, 2.75) is 12.5 Å². The zero-order chi connectivity index (χ0) is 9.14. The highest BCUT2D eigenvalue weighted by atomic mass is 35.5. The van der Waals surface area contributed by atoms with Crippen molar-refractivity contribution in [1.82, 2.24) is 9.55 Å². The summed E-state index contributed by atoms with van der Waals surface area (Å²) in [6.07, 6.45) is 2.14. The number of aliphatic hydroxyl groups is 1. The standard InChI is InChI=1S/C7H12ClN3O/c1-11-4-10-6(7(11)8)2-5(9)3-12/h4-5,12H,2-3,9H2,1H3. The van der Waals surface area contributed by atoms with Crippen LogP contribution >= 0.6 is 11.6 Å². The smallest absolute Gasteiger partial charge is 0.131 e. The average molecular weight is 190 g/mol. The Morgan fingerprint density at radius 1 is 1.83 bits per heavy atom. The van der Waals surface area contributed by atoms with Gasteiger partial charge in [0.25, 0.3) is 0 Å². The molecule has 0 aromatic carbocycles. The third kappa shape index (κ3) is 1.97. The predicted octanol–water partition coefficient (Wildman–Crippen LogP) is -0.0644. The highest BCUT2D eigenvalue weighted by molar-refractivity contribution is 6.30. The molecule has 1 atom stereocenters. The van der Waals surface area contributed by atoms with Gasteiger partial charge in [0.2, 0.25) is 0 Å². The van der Waals surface area contributed by atoms with Crippen molar-refractivity contribution >= 4 is 11.6 Å². The van der Waals surface area contributed by atoms with E-state index in [1.165, 1.54) is 0 Å². The van der Waals surface area contributed by atoms with E-state index in [-0.39, 0.29) is 12.6 Å². The Bertz CT molecular complexity index is 261. The van der Waals surface area contributed by atoms with Crippen molar-refractivity contribution in [2.24, 2.45) is 12.8 Å². The Balaban J connectivity index is 2.69. The Labute approximate surface area is 76.0 Å². The molecule has 68 valence electrons. The van der Waals surface area contributed by atoms with E-state index in [1.54, 1.807) is 10.9 Å². The van der Waals surface area contributed by atoms with Gasteiger partial charge in [0.1, 0.15) is 5.15 Å². The zero-order valence-electron chi connectivity index (χ0n) is 6.87. The van der Waals surface area contributed by atoms with Gasteiger partial charge in [0.05, 0.1) is 18.6 Å². The minimum Gasteiger partial charge on any atom is -0.395 e. The number of hydrogen-bond donors (Lipinski definition) is 2. The van der Waals surface area contributed by atoms with Crippen molar-refractivity contribution in [3.05, 3.63) is 17.2 Å². The maximum atomic E-state index is 8.69. The van der Waals surface area contributed by atoms with E-state index in [9.17, 15) is 0 Å². The number of imidazole rings is 1. The van der Waals surface area contributed by atoms with Crippen LogP contribution in [0.5, 0.6) is 0 Å². The first-order valence-electron chi connectivity index (χ1n) is 3.67. The van der Waals surface area contributed by atoms with Gasteiger partial charge in [-0.1, -0.05) is 11.6 Å². The van der Waals surface area contributed by atoms with Crippen molar-refractivity contribution < 1.29 is 5.11 Å². The number of nitrogens with two attached hydrogens (primary N) is 1. The molecule has 12 heavy (non-hydrogen) atoms. The van der Waals surface area contributed by atoms with Gasteiger partial charge in [0, 0.05) is 19.5 Å². The molecule has 0 radical (unpaired) electrons. The van der Waals surface area contributed by atoms with E-state index in [0.29, 0.717) is 11.6 Å². The minimum absolute atomic E-state index is 0.0487. The molecule has 0 saturated carbocycles. The normalized spacial score (nSPS) is 13.3. The molecular formula is C7H12ClN3O. The van der Waals surface area contributed by atoms with Gasteiger partial charge in [0.15, 0.2) is 0 Å². The quantitative estimate of drug-likeness (QED) is 0.700. The summed E-state index contributed by atoms with van der Waals surface area (Å²) < 4.78 is 1.71. The molecule has 0 spiro atoms. The van der Waals surface area contributed by atoms with Gasteiger partial charge in [-0.2, -0.15) is 0 Å². The van der Waals surface area contributed by atoms with E-state index in [2.05, 4.69) is 4.98 Å². The number of halogens is 1. The number of hydrogen-bond acceptors (Lipinski definition) is 3. The summed E-state index contributed by atoms with van der Waals surface area (Å²) in [5, 5.41) is 9.27. The van der Waals surface area contributed by atoms with Crippen LogP contribution in [0.15, 0.2) is 6.33 Å². The van der Waals surface area contributed by atoms with Crippen LogP contribution in [-0.4, -0.2) is 27.3 Å². The summed E-state index contributed by atoms with van der Waals surface area (Å²) in [4.78, 5) is 4.04. The number of aliphatic hydroxyl groups excluding tert-OH is 1. The fourth-order valence-corrected chi connectivity index (χ4v) is 1.08. The lowest BCUT2D eigenvalue weighted by Crippen LogP contribution is -2.27. The first-order valence-corrected chi connectivity index (χ1v) is 4.05. The molecule has 0 aliphatic rings. The molecule has 5 heteroatoms. The fraction of sp³-hybridized carbons (Fsp3) is 0.571. The Morgan fingerprint density at radius 3 is 2.92 bits per heavy atom. The molecule has 1 aromatic heterocycles. The number of aryl methyl sites for hydroxylation is 1. The van der Waals surface area contributed by atoms with Gasteiger partial charge in [-0.05, 0) is 0 Å². The number of aromatic nitrogens is 2. The lowest BCUT2D eigenvalue weighted by Gasteiger charge is -2.05. The molecule has 4 nitrogen and oxygen atoms in total. The van der Waals surface area contributed by atoms with Gasteiger partial charge < -0.3 is 15.4 Å².